The average Bonchev–Trinajstić information content (AvgIpc) is 3.32. The fraction of sp³-hybridized carbons (Fsp3) is 0.415. The van der Waals surface area contributed by atoms with Crippen molar-refractivity contribution < 1.29 is 0 Å². The van der Waals surface area contributed by atoms with Gasteiger partial charge >= 0.3 is 0 Å². The molecule has 342 valence electrons. The fourth-order valence-corrected chi connectivity index (χ4v) is 11.5. The summed E-state index contributed by atoms with van der Waals surface area (Å²) >= 11 is 0. The maximum absolute atomic E-state index is 2.61. The van der Waals surface area contributed by atoms with E-state index in [0.29, 0.717) is 23.7 Å². The molecule has 0 spiro atoms. The van der Waals surface area contributed by atoms with Crippen molar-refractivity contribution in [1.29, 1.82) is 0 Å². The molecule has 66 heavy (non-hydrogen) atoms. The quantitative estimate of drug-likeness (QED) is 0.0978. The van der Waals surface area contributed by atoms with Gasteiger partial charge in [0, 0.05) is 28.1 Å². The smallest absolute Gasteiger partial charge is 0.0618 e. The molecule has 1 nitrogen and oxygen atoms in total. The molecule has 0 heterocycles. The van der Waals surface area contributed by atoms with E-state index in [0.717, 1.165) is 0 Å². The Balaban J connectivity index is 1.37. The third-order valence-corrected chi connectivity index (χ3v) is 15.7. The third kappa shape index (κ3) is 9.39. The molecule has 0 bridgehead atoms. The Bertz CT molecular complexity index is 2550. The van der Waals surface area contributed by atoms with E-state index >= 15 is 0 Å². The predicted molar refractivity (Wildman–Crippen MR) is 287 cm³/mol. The lowest BCUT2D eigenvalue weighted by Crippen LogP contribution is -2.16. The highest BCUT2D eigenvalue weighted by molar-refractivity contribution is 6.17. The first-order valence-corrected chi connectivity index (χ1v) is 25.9. The molecule has 7 aromatic carbocycles. The first-order chi connectivity index (χ1) is 31.7. The maximum Gasteiger partial charge on any atom is 0.0618 e. The summed E-state index contributed by atoms with van der Waals surface area (Å²) in [7, 11) is 0. The minimum absolute atomic E-state index is 0.0231. The highest BCUT2D eigenvalue weighted by Gasteiger charge is 2.30. The van der Waals surface area contributed by atoms with Gasteiger partial charge in [-0.25, -0.2) is 0 Å². The molecular formula is C65H77N. The van der Waals surface area contributed by atoms with Crippen molar-refractivity contribution in [3.05, 3.63) is 184 Å². The van der Waals surface area contributed by atoms with Gasteiger partial charge in [0.25, 0.3) is 0 Å². The van der Waals surface area contributed by atoms with Crippen LogP contribution in [0.3, 0.4) is 0 Å². The van der Waals surface area contributed by atoms with Gasteiger partial charge in [0.2, 0.25) is 0 Å². The second-order valence-electron chi connectivity index (χ2n) is 23.0. The Kier molecular flexibility index (Phi) is 13.1. The number of fused-ring (bicyclic) bond motifs is 2. The van der Waals surface area contributed by atoms with Crippen LogP contribution in [-0.2, 0) is 10.8 Å². The van der Waals surface area contributed by atoms with Crippen LogP contribution < -0.4 is 4.90 Å². The van der Waals surface area contributed by atoms with Crippen molar-refractivity contribution in [1.82, 2.24) is 0 Å². The van der Waals surface area contributed by atoms with E-state index in [9.17, 15) is 0 Å². The molecule has 1 atom stereocenters. The monoisotopic (exact) mass is 872 g/mol. The minimum Gasteiger partial charge on any atom is -0.309 e. The summed E-state index contributed by atoms with van der Waals surface area (Å²) < 4.78 is 0. The zero-order chi connectivity index (χ0) is 46.3. The number of hydrogen-bond acceptors (Lipinski definition) is 1. The predicted octanol–water partition coefficient (Wildman–Crippen LogP) is 19.6. The highest BCUT2D eigenvalue weighted by atomic mass is 15.1. The first kappa shape index (κ1) is 46.0. The highest BCUT2D eigenvalue weighted by Crippen LogP contribution is 2.51. The second-order valence-corrected chi connectivity index (χ2v) is 23.0. The molecule has 7 aromatic rings. The molecule has 0 radical (unpaired) electrons. The maximum atomic E-state index is 2.61. The molecule has 0 aliphatic heterocycles. The Labute approximate surface area is 399 Å². The summed E-state index contributed by atoms with van der Waals surface area (Å²) in [5, 5.41) is 5.27. The second kappa shape index (κ2) is 18.9. The lowest BCUT2D eigenvalue weighted by Gasteiger charge is -2.33. The molecule has 0 amide bonds. The number of nitrogens with zero attached hydrogens (tertiary/aromatic N) is 1. The molecule has 2 saturated carbocycles. The summed E-state index contributed by atoms with van der Waals surface area (Å²) in [6.07, 6.45) is 13.3. The molecule has 0 N–H and O–H groups in total. The van der Waals surface area contributed by atoms with Crippen molar-refractivity contribution >= 4 is 38.6 Å². The van der Waals surface area contributed by atoms with Crippen molar-refractivity contribution in [3.8, 4) is 0 Å². The van der Waals surface area contributed by atoms with Gasteiger partial charge in [-0.15, -0.1) is 0 Å². The van der Waals surface area contributed by atoms with Gasteiger partial charge in [0.15, 0.2) is 0 Å². The van der Waals surface area contributed by atoms with Gasteiger partial charge in [0.05, 0.1) is 5.69 Å². The number of rotatable bonds is 10. The van der Waals surface area contributed by atoms with Crippen molar-refractivity contribution in [2.75, 3.05) is 4.90 Å². The topological polar surface area (TPSA) is 3.24 Å². The lowest BCUT2D eigenvalue weighted by atomic mass is 9.76. The average molecular weight is 872 g/mol. The van der Waals surface area contributed by atoms with Gasteiger partial charge in [-0.05, 0) is 151 Å². The van der Waals surface area contributed by atoms with E-state index in [1.807, 2.05) is 0 Å². The first-order valence-electron chi connectivity index (χ1n) is 25.9. The number of anilines is 3. The van der Waals surface area contributed by atoms with E-state index in [-0.39, 0.29) is 16.7 Å². The van der Waals surface area contributed by atoms with E-state index in [1.54, 1.807) is 0 Å². The molecule has 9 rings (SSSR count). The Hall–Kier alpha value is -5.14. The van der Waals surface area contributed by atoms with Crippen molar-refractivity contribution in [3.63, 3.8) is 0 Å². The number of benzene rings is 7. The van der Waals surface area contributed by atoms with Crippen LogP contribution in [-0.4, -0.2) is 0 Å². The van der Waals surface area contributed by atoms with Gasteiger partial charge in [0.1, 0.15) is 0 Å². The minimum atomic E-state index is -0.0386. The molecule has 1 unspecified atom stereocenters. The normalized spacial score (nSPS) is 16.1. The van der Waals surface area contributed by atoms with Crippen LogP contribution in [0.2, 0.25) is 0 Å². The molecular weight excluding hydrogens is 795 g/mol. The fourth-order valence-electron chi connectivity index (χ4n) is 11.5. The van der Waals surface area contributed by atoms with Crippen molar-refractivity contribution in [2.24, 2.45) is 0 Å². The largest absolute Gasteiger partial charge is 0.309 e. The molecule has 0 saturated heterocycles. The molecule has 2 aliphatic carbocycles. The summed E-state index contributed by atoms with van der Waals surface area (Å²) in [5.41, 5.74) is 16.2. The van der Waals surface area contributed by atoms with Crippen LogP contribution in [0.5, 0.6) is 0 Å². The SMILES string of the molecule is CC(C)c1ccc(C(c2ccc(C3CCCCC3)cc2)c2c3cc(C(C)(C)C)ccc3c(N(c3ccc(C(C)C)cc3)c3ccc(C4CCCCC4)cc3)c3cc(C(C)(C)C)ccc23)cc1. The summed E-state index contributed by atoms with van der Waals surface area (Å²) in [6.45, 7) is 23.4. The van der Waals surface area contributed by atoms with E-state index in [2.05, 4.69) is 208 Å². The Morgan fingerprint density at radius 1 is 0.394 bits per heavy atom. The van der Waals surface area contributed by atoms with E-state index in [1.165, 1.54) is 153 Å². The van der Waals surface area contributed by atoms with Gasteiger partial charge in [-0.2, -0.15) is 0 Å². The van der Waals surface area contributed by atoms with Crippen LogP contribution in [0.15, 0.2) is 133 Å². The van der Waals surface area contributed by atoms with E-state index in [4.69, 9.17) is 0 Å². The van der Waals surface area contributed by atoms with Gasteiger partial charge < -0.3 is 4.90 Å². The standard InChI is InChI=1S/C65H77N/c1-43(2)45-21-25-51(26-22-45)61(52-27-23-49(24-28-52)47-17-13-11-14-18-47)62-57-39-33-54(65(8,9)10)42-60(57)63(58-40-34-53(41-59(58)62)64(5,6)7)66(55-35-29-46(30-36-55)44(3)4)56-37-31-50(32-38-56)48-19-15-12-16-20-48/h21-44,47-48,61H,11-20H2,1-10H3. The third-order valence-electron chi connectivity index (χ3n) is 15.7. The van der Waals surface area contributed by atoms with Gasteiger partial charge in [-0.1, -0.05) is 211 Å². The molecule has 2 fully saturated rings. The number of hydrogen-bond donors (Lipinski definition) is 0. The van der Waals surface area contributed by atoms with Crippen LogP contribution >= 0.6 is 0 Å². The Morgan fingerprint density at radius 3 is 1.23 bits per heavy atom. The van der Waals surface area contributed by atoms with Crippen molar-refractivity contribution in [2.45, 2.75) is 174 Å². The van der Waals surface area contributed by atoms with Gasteiger partial charge in [-0.3, -0.25) is 0 Å². The lowest BCUT2D eigenvalue weighted by molar-refractivity contribution is 0.443. The summed E-state index contributed by atoms with van der Waals surface area (Å²) in [5.74, 6) is 2.27. The zero-order valence-corrected chi connectivity index (χ0v) is 42.1. The molecule has 2 aliphatic rings. The summed E-state index contributed by atoms with van der Waals surface area (Å²) in [4.78, 5) is 2.61. The zero-order valence-electron chi connectivity index (χ0n) is 42.1. The van der Waals surface area contributed by atoms with E-state index < -0.39 is 0 Å². The summed E-state index contributed by atoms with van der Waals surface area (Å²) in [6, 6.07) is 53.8. The van der Waals surface area contributed by atoms with Crippen LogP contribution in [0, 0.1) is 0 Å². The van der Waals surface area contributed by atoms with Crippen LogP contribution in [0.25, 0.3) is 21.5 Å². The Morgan fingerprint density at radius 2 is 0.773 bits per heavy atom. The van der Waals surface area contributed by atoms with Crippen LogP contribution in [0.1, 0.15) is 213 Å². The van der Waals surface area contributed by atoms with Crippen LogP contribution in [0.4, 0.5) is 17.1 Å². The molecule has 0 aromatic heterocycles. The molecule has 1 heteroatoms.